The number of nitrogens with zero attached hydrogens (tertiary/aromatic N) is 2. The molecule has 0 aliphatic heterocycles. The predicted octanol–water partition coefficient (Wildman–Crippen LogP) is 1.25. The quantitative estimate of drug-likeness (QED) is 0.602. The van der Waals surface area contributed by atoms with Gasteiger partial charge in [-0.1, -0.05) is 11.6 Å². The summed E-state index contributed by atoms with van der Waals surface area (Å²) in [7, 11) is 2.72. The Labute approximate surface area is 157 Å². The lowest BCUT2D eigenvalue weighted by Gasteiger charge is -2.11. The minimum atomic E-state index is -0.751. The molecule has 0 radical (unpaired) electrons. The Bertz CT molecular complexity index is 983. The molecule has 1 heterocycles. The molecule has 2 aromatic rings. The molecule has 1 aromatic heterocycles. The first kappa shape index (κ1) is 19.8. The van der Waals surface area contributed by atoms with Crippen molar-refractivity contribution in [2.75, 3.05) is 18.2 Å². The summed E-state index contributed by atoms with van der Waals surface area (Å²) >= 11 is 7.41. The number of aromatic nitrogens is 2. The highest BCUT2D eigenvalue weighted by Crippen LogP contribution is 2.23. The molecule has 26 heavy (non-hydrogen) atoms. The summed E-state index contributed by atoms with van der Waals surface area (Å²) in [5.74, 6) is -1.45. The second kappa shape index (κ2) is 8.24. The molecule has 138 valence electrons. The summed E-state index contributed by atoms with van der Waals surface area (Å²) in [5.41, 5.74) is -1.01. The molecule has 0 saturated carbocycles. The van der Waals surface area contributed by atoms with Gasteiger partial charge in [0.25, 0.3) is 11.5 Å². The number of anilines is 1. The molecule has 1 N–H and O–H groups in total. The van der Waals surface area contributed by atoms with Crippen molar-refractivity contribution in [2.45, 2.75) is 4.90 Å². The van der Waals surface area contributed by atoms with Crippen LogP contribution >= 0.6 is 23.4 Å². The van der Waals surface area contributed by atoms with Crippen LogP contribution in [0.2, 0.25) is 5.02 Å². The van der Waals surface area contributed by atoms with Crippen LogP contribution in [0.4, 0.5) is 5.82 Å². The molecular weight excluding hydrogens is 382 g/mol. The molecule has 0 aliphatic carbocycles. The Hall–Kier alpha value is -2.52. The second-order valence-electron chi connectivity index (χ2n) is 5.24. The van der Waals surface area contributed by atoms with E-state index in [1.165, 1.54) is 25.9 Å². The zero-order chi connectivity index (χ0) is 19.4. The molecule has 0 atom stereocenters. The first-order chi connectivity index (χ1) is 12.2. The SMILES string of the molecule is CSc1ccc(Cl)c(C(=O)OCC(=O)Nc2cc(=O)n(C)c(=O)n2C)c1. The van der Waals surface area contributed by atoms with Gasteiger partial charge in [0.15, 0.2) is 6.61 Å². The van der Waals surface area contributed by atoms with Crippen molar-refractivity contribution >= 4 is 41.1 Å². The number of esters is 1. The third-order valence-corrected chi connectivity index (χ3v) is 4.58. The molecule has 0 saturated heterocycles. The van der Waals surface area contributed by atoms with Gasteiger partial charge in [-0.3, -0.25) is 18.7 Å². The van der Waals surface area contributed by atoms with Crippen LogP contribution in [0.5, 0.6) is 0 Å². The molecular formula is C16H16ClN3O5S. The third-order valence-electron chi connectivity index (χ3n) is 3.52. The second-order valence-corrected chi connectivity index (χ2v) is 6.53. The number of halogens is 1. The van der Waals surface area contributed by atoms with Crippen LogP contribution in [-0.2, 0) is 23.6 Å². The van der Waals surface area contributed by atoms with E-state index in [-0.39, 0.29) is 16.4 Å². The maximum atomic E-state index is 12.1. The molecule has 0 fully saturated rings. The number of carbonyl (C=O) groups excluding carboxylic acids is 2. The van der Waals surface area contributed by atoms with Gasteiger partial charge in [0, 0.05) is 25.1 Å². The van der Waals surface area contributed by atoms with Crippen LogP contribution in [0.25, 0.3) is 0 Å². The maximum Gasteiger partial charge on any atom is 0.340 e. The normalized spacial score (nSPS) is 10.5. The molecule has 0 spiro atoms. The fraction of sp³-hybridized carbons (Fsp3) is 0.250. The summed E-state index contributed by atoms with van der Waals surface area (Å²) in [6.07, 6.45) is 1.85. The van der Waals surface area contributed by atoms with Crippen LogP contribution in [-0.4, -0.2) is 33.9 Å². The zero-order valence-corrected chi connectivity index (χ0v) is 15.8. The van der Waals surface area contributed by atoms with E-state index in [4.69, 9.17) is 16.3 Å². The topological polar surface area (TPSA) is 99.4 Å². The average Bonchev–Trinajstić information content (AvgIpc) is 2.62. The highest BCUT2D eigenvalue weighted by Gasteiger charge is 2.16. The van der Waals surface area contributed by atoms with Crippen molar-refractivity contribution in [3.63, 3.8) is 0 Å². The lowest BCUT2D eigenvalue weighted by atomic mass is 10.2. The number of rotatable bonds is 5. The van der Waals surface area contributed by atoms with Crippen LogP contribution in [0.1, 0.15) is 10.4 Å². The van der Waals surface area contributed by atoms with Gasteiger partial charge in [0.2, 0.25) is 0 Å². The zero-order valence-electron chi connectivity index (χ0n) is 14.2. The third kappa shape index (κ3) is 4.36. The van der Waals surface area contributed by atoms with Crippen LogP contribution in [0.15, 0.2) is 38.8 Å². The van der Waals surface area contributed by atoms with Gasteiger partial charge in [-0.2, -0.15) is 0 Å². The van der Waals surface area contributed by atoms with E-state index in [1.807, 2.05) is 6.26 Å². The molecule has 2 rings (SSSR count). The number of carbonyl (C=O) groups is 2. The first-order valence-electron chi connectivity index (χ1n) is 7.32. The maximum absolute atomic E-state index is 12.1. The number of hydrogen-bond donors (Lipinski definition) is 1. The summed E-state index contributed by atoms with van der Waals surface area (Å²) in [6.45, 7) is -0.595. The number of thioether (sulfide) groups is 1. The molecule has 0 aliphatic rings. The van der Waals surface area contributed by atoms with Gasteiger partial charge in [0.1, 0.15) is 5.82 Å². The molecule has 8 nitrogen and oxygen atoms in total. The fourth-order valence-electron chi connectivity index (χ4n) is 2.03. The van der Waals surface area contributed by atoms with Gasteiger partial charge in [-0.15, -0.1) is 11.8 Å². The van der Waals surface area contributed by atoms with Crippen molar-refractivity contribution in [1.29, 1.82) is 0 Å². The Kier molecular flexibility index (Phi) is 6.27. The Morgan fingerprint density at radius 2 is 1.88 bits per heavy atom. The van der Waals surface area contributed by atoms with Crippen LogP contribution in [0, 0.1) is 0 Å². The van der Waals surface area contributed by atoms with E-state index in [0.29, 0.717) is 0 Å². The van der Waals surface area contributed by atoms with Crippen molar-refractivity contribution in [3.8, 4) is 0 Å². The van der Waals surface area contributed by atoms with Gasteiger partial charge in [-0.25, -0.2) is 9.59 Å². The number of amides is 1. The molecule has 0 unspecified atom stereocenters. The van der Waals surface area contributed by atoms with Gasteiger partial charge < -0.3 is 10.1 Å². The van der Waals surface area contributed by atoms with Gasteiger partial charge in [0.05, 0.1) is 10.6 Å². The molecule has 1 amide bonds. The highest BCUT2D eigenvalue weighted by molar-refractivity contribution is 7.98. The minimum absolute atomic E-state index is 0.00145. The molecule has 0 bridgehead atoms. The number of ether oxygens (including phenoxy) is 1. The smallest absolute Gasteiger partial charge is 0.340 e. The number of benzene rings is 1. The molecule has 10 heteroatoms. The Morgan fingerprint density at radius 3 is 2.54 bits per heavy atom. The van der Waals surface area contributed by atoms with Gasteiger partial charge in [-0.05, 0) is 24.5 Å². The van der Waals surface area contributed by atoms with Crippen molar-refractivity contribution < 1.29 is 14.3 Å². The predicted molar refractivity (Wildman–Crippen MR) is 99.1 cm³/mol. The summed E-state index contributed by atoms with van der Waals surface area (Å²) in [6, 6.07) is 5.99. The largest absolute Gasteiger partial charge is 0.452 e. The lowest BCUT2D eigenvalue weighted by Crippen LogP contribution is -2.38. The van der Waals surface area contributed by atoms with Crippen molar-refractivity contribution in [1.82, 2.24) is 9.13 Å². The number of nitrogens with one attached hydrogen (secondary N) is 1. The average molecular weight is 398 g/mol. The van der Waals surface area contributed by atoms with Crippen molar-refractivity contribution in [3.05, 3.63) is 55.7 Å². The summed E-state index contributed by atoms with van der Waals surface area (Å²) < 4.78 is 6.95. The van der Waals surface area contributed by atoms with E-state index in [1.54, 1.807) is 18.2 Å². The lowest BCUT2D eigenvalue weighted by molar-refractivity contribution is -0.119. The Balaban J connectivity index is 2.07. The highest BCUT2D eigenvalue weighted by atomic mass is 35.5. The van der Waals surface area contributed by atoms with Crippen molar-refractivity contribution in [2.24, 2.45) is 14.1 Å². The summed E-state index contributed by atoms with van der Waals surface area (Å²) in [5, 5.41) is 2.57. The fourth-order valence-corrected chi connectivity index (χ4v) is 2.66. The van der Waals surface area contributed by atoms with Gasteiger partial charge >= 0.3 is 11.7 Å². The van der Waals surface area contributed by atoms with Crippen LogP contribution in [0.3, 0.4) is 0 Å². The van der Waals surface area contributed by atoms with E-state index < -0.39 is 29.7 Å². The monoisotopic (exact) mass is 397 g/mol. The molecule has 1 aromatic carbocycles. The first-order valence-corrected chi connectivity index (χ1v) is 8.92. The minimum Gasteiger partial charge on any atom is -0.452 e. The number of hydrogen-bond acceptors (Lipinski definition) is 6. The van der Waals surface area contributed by atoms with E-state index in [0.717, 1.165) is 20.1 Å². The van der Waals surface area contributed by atoms with E-state index >= 15 is 0 Å². The Morgan fingerprint density at radius 1 is 1.19 bits per heavy atom. The van der Waals surface area contributed by atoms with E-state index in [2.05, 4.69) is 5.32 Å². The van der Waals surface area contributed by atoms with Crippen LogP contribution < -0.4 is 16.6 Å². The summed E-state index contributed by atoms with van der Waals surface area (Å²) in [4.78, 5) is 48.3. The van der Waals surface area contributed by atoms with E-state index in [9.17, 15) is 19.2 Å². The standard InChI is InChI=1S/C16H16ClN3O5S/c1-19-12(7-14(22)20(2)16(19)24)18-13(21)8-25-15(23)10-6-9(26-3)4-5-11(10)17/h4-7H,8H2,1-3H3,(H,18,21).